The molecule has 0 radical (unpaired) electrons. The van der Waals surface area contributed by atoms with E-state index >= 15 is 0 Å². The van der Waals surface area contributed by atoms with Crippen molar-refractivity contribution in [2.24, 2.45) is 11.8 Å². The number of thiazole rings is 1. The first-order valence-corrected chi connectivity index (χ1v) is 9.03. The minimum atomic E-state index is -0.912. The number of carbonyl (C=O) groups is 2. The number of hydrogen-bond acceptors (Lipinski definition) is 5. The molecule has 2 heterocycles. The first-order chi connectivity index (χ1) is 12.1. The van der Waals surface area contributed by atoms with Crippen molar-refractivity contribution in [2.75, 3.05) is 6.54 Å². The van der Waals surface area contributed by atoms with Crippen LogP contribution >= 0.6 is 11.3 Å². The van der Waals surface area contributed by atoms with Crippen molar-refractivity contribution >= 4 is 23.2 Å². The van der Waals surface area contributed by atoms with Gasteiger partial charge in [0.1, 0.15) is 5.01 Å². The Morgan fingerprint density at radius 1 is 1.28 bits per heavy atom. The number of nitrogens with zero attached hydrogens (tertiary/aromatic N) is 2. The van der Waals surface area contributed by atoms with Gasteiger partial charge in [-0.2, -0.15) is 0 Å². The summed E-state index contributed by atoms with van der Waals surface area (Å²) >= 11 is 1.54. The summed E-state index contributed by atoms with van der Waals surface area (Å²) in [6, 6.07) is 3.83. The van der Waals surface area contributed by atoms with E-state index in [1.54, 1.807) is 23.7 Å². The predicted octanol–water partition coefficient (Wildman–Crippen LogP) is 2.53. The molecule has 0 unspecified atom stereocenters. The van der Waals surface area contributed by atoms with E-state index in [-0.39, 0.29) is 5.91 Å². The second kappa shape index (κ2) is 8.02. The van der Waals surface area contributed by atoms with Gasteiger partial charge in [0.25, 0.3) is 0 Å². The van der Waals surface area contributed by atoms with Gasteiger partial charge in [-0.25, -0.2) is 4.98 Å². The van der Waals surface area contributed by atoms with Crippen LogP contribution in [0.5, 0.6) is 0 Å². The maximum Gasteiger partial charge on any atom is 0.307 e. The number of hydrogen-bond donors (Lipinski definition) is 2. The zero-order chi connectivity index (χ0) is 17.6. The molecule has 0 saturated carbocycles. The zero-order valence-electron chi connectivity index (χ0n) is 13.6. The summed E-state index contributed by atoms with van der Waals surface area (Å²) < 4.78 is 0. The Labute approximate surface area is 149 Å². The molecule has 0 bridgehead atoms. The lowest BCUT2D eigenvalue weighted by molar-refractivity contribution is -0.147. The number of pyridine rings is 1. The SMILES string of the molecule is O=C(O)[C@H]1CC=CC[C@H]1C(=O)NCCc1csc(-c2cccnc2)n1. The van der Waals surface area contributed by atoms with E-state index in [0.29, 0.717) is 25.8 Å². The van der Waals surface area contributed by atoms with Gasteiger partial charge in [-0.1, -0.05) is 12.2 Å². The maximum atomic E-state index is 12.3. The van der Waals surface area contributed by atoms with Crippen molar-refractivity contribution in [3.63, 3.8) is 0 Å². The molecule has 3 rings (SSSR count). The molecule has 0 fully saturated rings. The number of aromatic nitrogens is 2. The monoisotopic (exact) mass is 357 g/mol. The van der Waals surface area contributed by atoms with Crippen molar-refractivity contribution in [2.45, 2.75) is 19.3 Å². The van der Waals surface area contributed by atoms with Crippen LogP contribution in [0.1, 0.15) is 18.5 Å². The second-order valence-electron chi connectivity index (χ2n) is 5.92. The Morgan fingerprint density at radius 2 is 2.08 bits per heavy atom. The molecule has 6 nitrogen and oxygen atoms in total. The fourth-order valence-electron chi connectivity index (χ4n) is 2.87. The third kappa shape index (κ3) is 4.30. The molecule has 0 saturated heterocycles. The molecule has 2 aromatic rings. The Balaban J connectivity index is 1.53. The van der Waals surface area contributed by atoms with Crippen molar-refractivity contribution in [1.29, 1.82) is 0 Å². The van der Waals surface area contributed by atoms with Crippen LogP contribution in [0.25, 0.3) is 10.6 Å². The molecule has 0 spiro atoms. The lowest BCUT2D eigenvalue weighted by Gasteiger charge is -2.24. The van der Waals surface area contributed by atoms with Gasteiger partial charge >= 0.3 is 5.97 Å². The standard InChI is InChI=1S/C18H19N3O3S/c22-16(14-5-1-2-6-15(14)18(23)24)20-9-7-13-11-25-17(21-13)12-4-3-8-19-10-12/h1-4,8,10-11,14-15H,5-7,9H2,(H,20,22)(H,23,24)/t14-,15+/m1/s1. The third-order valence-electron chi connectivity index (χ3n) is 4.23. The van der Waals surface area contributed by atoms with E-state index < -0.39 is 17.8 Å². The largest absolute Gasteiger partial charge is 0.481 e. The fraction of sp³-hybridized carbons (Fsp3) is 0.333. The van der Waals surface area contributed by atoms with Crippen molar-refractivity contribution in [1.82, 2.24) is 15.3 Å². The Bertz CT molecular complexity index is 773. The summed E-state index contributed by atoms with van der Waals surface area (Å²) in [4.78, 5) is 32.2. The molecule has 2 aromatic heterocycles. The molecular weight excluding hydrogens is 338 g/mol. The van der Waals surface area contributed by atoms with Gasteiger partial charge in [-0.05, 0) is 25.0 Å². The smallest absolute Gasteiger partial charge is 0.307 e. The molecule has 7 heteroatoms. The zero-order valence-corrected chi connectivity index (χ0v) is 14.4. The summed E-state index contributed by atoms with van der Waals surface area (Å²) in [5.41, 5.74) is 1.88. The minimum absolute atomic E-state index is 0.195. The summed E-state index contributed by atoms with van der Waals surface area (Å²) in [5.74, 6) is -2.24. The van der Waals surface area contributed by atoms with Gasteiger partial charge in [-0.3, -0.25) is 14.6 Å². The number of carbonyl (C=O) groups excluding carboxylic acids is 1. The summed E-state index contributed by atoms with van der Waals surface area (Å²) in [6.07, 6.45) is 8.70. The molecule has 1 amide bonds. The van der Waals surface area contributed by atoms with E-state index in [9.17, 15) is 14.7 Å². The summed E-state index contributed by atoms with van der Waals surface area (Å²) in [5, 5.41) is 15.0. The van der Waals surface area contributed by atoms with Gasteiger partial charge in [-0.15, -0.1) is 11.3 Å². The molecule has 1 aliphatic carbocycles. The highest BCUT2D eigenvalue weighted by Crippen LogP contribution is 2.26. The van der Waals surface area contributed by atoms with Gasteiger partial charge in [0.15, 0.2) is 0 Å². The van der Waals surface area contributed by atoms with Crippen LogP contribution in [0.4, 0.5) is 0 Å². The van der Waals surface area contributed by atoms with Crippen LogP contribution in [-0.2, 0) is 16.0 Å². The normalized spacial score (nSPS) is 19.5. The van der Waals surface area contributed by atoms with E-state index in [2.05, 4.69) is 15.3 Å². The second-order valence-corrected chi connectivity index (χ2v) is 6.78. The molecule has 0 aliphatic heterocycles. The number of carboxylic acid groups (broad SMARTS) is 1. The van der Waals surface area contributed by atoms with Crippen LogP contribution in [0, 0.1) is 11.8 Å². The summed E-state index contributed by atoms with van der Waals surface area (Å²) in [7, 11) is 0. The molecule has 2 atom stereocenters. The topological polar surface area (TPSA) is 92.2 Å². The molecule has 1 aliphatic rings. The van der Waals surface area contributed by atoms with Gasteiger partial charge in [0.2, 0.25) is 5.91 Å². The maximum absolute atomic E-state index is 12.3. The van der Waals surface area contributed by atoms with E-state index in [4.69, 9.17) is 0 Å². The Morgan fingerprint density at radius 3 is 2.80 bits per heavy atom. The average molecular weight is 357 g/mol. The van der Waals surface area contributed by atoms with E-state index in [1.165, 1.54) is 0 Å². The molecule has 2 N–H and O–H groups in total. The van der Waals surface area contributed by atoms with Crippen molar-refractivity contribution < 1.29 is 14.7 Å². The predicted molar refractivity (Wildman–Crippen MR) is 95.0 cm³/mol. The first-order valence-electron chi connectivity index (χ1n) is 8.15. The number of aliphatic carboxylic acids is 1. The Kier molecular flexibility index (Phi) is 5.55. The van der Waals surface area contributed by atoms with Gasteiger partial charge < -0.3 is 10.4 Å². The lowest BCUT2D eigenvalue weighted by Crippen LogP contribution is -2.39. The lowest BCUT2D eigenvalue weighted by atomic mass is 9.82. The van der Waals surface area contributed by atoms with Crippen LogP contribution in [0.15, 0.2) is 42.1 Å². The highest BCUT2D eigenvalue weighted by atomic mass is 32.1. The third-order valence-corrected chi connectivity index (χ3v) is 5.17. The number of rotatable bonds is 6. The Hall–Kier alpha value is -2.54. The number of nitrogens with one attached hydrogen (secondary N) is 1. The van der Waals surface area contributed by atoms with Crippen LogP contribution < -0.4 is 5.32 Å². The van der Waals surface area contributed by atoms with Crippen molar-refractivity contribution in [3.05, 3.63) is 47.8 Å². The minimum Gasteiger partial charge on any atom is -0.481 e. The molecule has 130 valence electrons. The highest BCUT2D eigenvalue weighted by molar-refractivity contribution is 7.13. The number of allylic oxidation sites excluding steroid dienone is 2. The van der Waals surface area contributed by atoms with Crippen molar-refractivity contribution in [3.8, 4) is 10.6 Å². The molecular formula is C18H19N3O3S. The number of amides is 1. The first kappa shape index (κ1) is 17.3. The summed E-state index contributed by atoms with van der Waals surface area (Å²) in [6.45, 7) is 0.446. The fourth-order valence-corrected chi connectivity index (χ4v) is 3.71. The van der Waals surface area contributed by atoms with Gasteiger partial charge in [0.05, 0.1) is 17.5 Å². The molecule has 25 heavy (non-hydrogen) atoms. The van der Waals surface area contributed by atoms with E-state index in [1.807, 2.05) is 29.7 Å². The van der Waals surface area contributed by atoms with Crippen LogP contribution in [-0.4, -0.2) is 33.5 Å². The average Bonchev–Trinajstić information content (AvgIpc) is 3.11. The quantitative estimate of drug-likeness (QED) is 0.775. The van der Waals surface area contributed by atoms with Crippen LogP contribution in [0.3, 0.4) is 0 Å². The van der Waals surface area contributed by atoms with E-state index in [0.717, 1.165) is 16.3 Å². The van der Waals surface area contributed by atoms with Gasteiger partial charge in [0, 0.05) is 36.3 Å². The molecule has 0 aromatic carbocycles. The number of carboxylic acids is 1. The van der Waals surface area contributed by atoms with Crippen LogP contribution in [0.2, 0.25) is 0 Å². The highest BCUT2D eigenvalue weighted by Gasteiger charge is 2.33.